The third-order valence-electron chi connectivity index (χ3n) is 4.25. The van der Waals surface area contributed by atoms with Crippen LogP contribution in [-0.4, -0.2) is 0 Å². The third-order valence-corrected chi connectivity index (χ3v) is 5.40. The Kier molecular flexibility index (Phi) is 3.58. The van der Waals surface area contributed by atoms with E-state index in [4.69, 9.17) is 0 Å². The van der Waals surface area contributed by atoms with Gasteiger partial charge < -0.3 is 5.32 Å². The molecule has 23 heavy (non-hydrogen) atoms. The van der Waals surface area contributed by atoms with Crippen molar-refractivity contribution in [3.63, 3.8) is 0 Å². The number of hydrogen-bond donors (Lipinski definition) is 1. The molecular formula is C20H16FNS. The van der Waals surface area contributed by atoms with E-state index in [-0.39, 0.29) is 11.7 Å². The van der Waals surface area contributed by atoms with Crippen LogP contribution in [0, 0.1) is 5.82 Å². The van der Waals surface area contributed by atoms with Crippen LogP contribution in [0.15, 0.2) is 76.5 Å². The highest BCUT2D eigenvalue weighted by atomic mass is 32.2. The largest absolute Gasteiger partial charge is 0.354 e. The minimum Gasteiger partial charge on any atom is -0.354 e. The van der Waals surface area contributed by atoms with Crippen LogP contribution >= 0.6 is 11.8 Å². The number of nitrogens with one attached hydrogen (secondary N) is 1. The molecule has 1 atom stereocenters. The van der Waals surface area contributed by atoms with E-state index in [0.29, 0.717) is 0 Å². The molecule has 1 N–H and O–H groups in total. The molecule has 1 heterocycles. The Labute approximate surface area is 139 Å². The van der Waals surface area contributed by atoms with Crippen molar-refractivity contribution in [1.82, 2.24) is 0 Å². The molecule has 0 bridgehead atoms. The van der Waals surface area contributed by atoms with E-state index in [1.807, 2.05) is 18.2 Å². The molecule has 0 amide bonds. The van der Waals surface area contributed by atoms with E-state index in [1.54, 1.807) is 11.8 Å². The van der Waals surface area contributed by atoms with Gasteiger partial charge in [-0.2, -0.15) is 0 Å². The lowest BCUT2D eigenvalue weighted by molar-refractivity contribution is 0.626. The minimum absolute atomic E-state index is 0.193. The molecule has 1 nitrogen and oxygen atoms in total. The smallest absolute Gasteiger partial charge is 0.123 e. The van der Waals surface area contributed by atoms with Gasteiger partial charge in [0, 0.05) is 15.7 Å². The van der Waals surface area contributed by atoms with Gasteiger partial charge in [-0.3, -0.25) is 0 Å². The second kappa shape index (κ2) is 5.74. The van der Waals surface area contributed by atoms with Crippen molar-refractivity contribution in [1.29, 1.82) is 0 Å². The van der Waals surface area contributed by atoms with Gasteiger partial charge in [0.05, 0.1) is 11.4 Å². The molecule has 0 aromatic heterocycles. The Morgan fingerprint density at radius 2 is 1.52 bits per heavy atom. The van der Waals surface area contributed by atoms with Crippen LogP contribution in [0.5, 0.6) is 0 Å². The van der Waals surface area contributed by atoms with Gasteiger partial charge in [0.1, 0.15) is 5.82 Å². The molecule has 0 fully saturated rings. The van der Waals surface area contributed by atoms with Crippen molar-refractivity contribution in [3.8, 4) is 0 Å². The van der Waals surface area contributed by atoms with Gasteiger partial charge in [0.15, 0.2) is 0 Å². The molecule has 1 aliphatic rings. The van der Waals surface area contributed by atoms with E-state index < -0.39 is 0 Å². The SMILES string of the molecule is CC(c1ccc(F)cc1)c1ccc2c(c1)Nc1ccccc1S2. The Hall–Kier alpha value is -2.26. The number of anilines is 2. The second-order valence-electron chi connectivity index (χ2n) is 5.75. The molecule has 1 aliphatic heterocycles. The molecule has 3 heteroatoms. The molecule has 0 spiro atoms. The van der Waals surface area contributed by atoms with Crippen molar-refractivity contribution in [2.75, 3.05) is 5.32 Å². The molecule has 0 saturated carbocycles. The Bertz CT molecular complexity index is 858. The normalized spacial score (nSPS) is 13.7. The Morgan fingerprint density at radius 3 is 2.35 bits per heavy atom. The highest BCUT2D eigenvalue weighted by Gasteiger charge is 2.17. The van der Waals surface area contributed by atoms with E-state index in [1.165, 1.54) is 27.5 Å². The first kappa shape index (κ1) is 14.3. The van der Waals surface area contributed by atoms with Gasteiger partial charge in [0.25, 0.3) is 0 Å². The van der Waals surface area contributed by atoms with E-state index in [0.717, 1.165) is 16.9 Å². The molecule has 3 aromatic rings. The summed E-state index contributed by atoms with van der Waals surface area (Å²) < 4.78 is 13.1. The second-order valence-corrected chi connectivity index (χ2v) is 6.84. The van der Waals surface area contributed by atoms with Crippen LogP contribution in [-0.2, 0) is 0 Å². The van der Waals surface area contributed by atoms with Gasteiger partial charge in [0.2, 0.25) is 0 Å². The standard InChI is InChI=1S/C20H16FNS/c1-13(14-6-9-16(21)10-7-14)15-8-11-20-18(12-15)22-17-4-2-3-5-19(17)23-20/h2-13,22H,1H3. The lowest BCUT2D eigenvalue weighted by Crippen LogP contribution is -2.02. The van der Waals surface area contributed by atoms with E-state index in [2.05, 4.69) is 48.6 Å². The number of hydrogen-bond acceptors (Lipinski definition) is 2. The van der Waals surface area contributed by atoms with Crippen molar-refractivity contribution < 1.29 is 4.39 Å². The monoisotopic (exact) mass is 321 g/mol. The quantitative estimate of drug-likeness (QED) is 0.473. The van der Waals surface area contributed by atoms with Crippen LogP contribution in [0.2, 0.25) is 0 Å². The van der Waals surface area contributed by atoms with Crippen molar-refractivity contribution >= 4 is 23.1 Å². The summed E-state index contributed by atoms with van der Waals surface area (Å²) >= 11 is 1.79. The first-order valence-electron chi connectivity index (χ1n) is 7.64. The third kappa shape index (κ3) is 2.73. The molecule has 4 rings (SSSR count). The number of halogens is 1. The summed E-state index contributed by atoms with van der Waals surface area (Å²) in [6.45, 7) is 2.15. The molecule has 1 unspecified atom stereocenters. The van der Waals surface area contributed by atoms with Crippen LogP contribution < -0.4 is 5.32 Å². The average Bonchev–Trinajstić information content (AvgIpc) is 2.59. The first-order chi connectivity index (χ1) is 11.2. The van der Waals surface area contributed by atoms with Crippen LogP contribution in [0.4, 0.5) is 15.8 Å². The fraction of sp³-hybridized carbons (Fsp3) is 0.100. The predicted octanol–water partition coefficient (Wildman–Crippen LogP) is 6.19. The van der Waals surface area contributed by atoms with Crippen molar-refractivity contribution in [2.24, 2.45) is 0 Å². The van der Waals surface area contributed by atoms with Gasteiger partial charge in [-0.15, -0.1) is 0 Å². The maximum Gasteiger partial charge on any atom is 0.123 e. The van der Waals surface area contributed by atoms with Gasteiger partial charge >= 0.3 is 0 Å². The number of fused-ring (bicyclic) bond motifs is 2. The highest BCUT2D eigenvalue weighted by Crippen LogP contribution is 2.45. The highest BCUT2D eigenvalue weighted by molar-refractivity contribution is 7.99. The summed E-state index contributed by atoms with van der Waals surface area (Å²) in [7, 11) is 0. The molecular weight excluding hydrogens is 305 g/mol. The van der Waals surface area contributed by atoms with E-state index in [9.17, 15) is 4.39 Å². The Balaban J connectivity index is 1.67. The topological polar surface area (TPSA) is 12.0 Å². The molecule has 114 valence electrons. The summed E-state index contributed by atoms with van der Waals surface area (Å²) in [5.74, 6) is 0.0333. The molecule has 0 radical (unpaired) electrons. The summed E-state index contributed by atoms with van der Waals surface area (Å²) in [4.78, 5) is 2.48. The fourth-order valence-electron chi connectivity index (χ4n) is 2.87. The fourth-order valence-corrected chi connectivity index (χ4v) is 3.84. The summed E-state index contributed by atoms with van der Waals surface area (Å²) in [6.07, 6.45) is 0. The van der Waals surface area contributed by atoms with Gasteiger partial charge in [-0.25, -0.2) is 4.39 Å². The summed E-state index contributed by atoms with van der Waals surface area (Å²) in [5.41, 5.74) is 4.63. The Morgan fingerprint density at radius 1 is 0.826 bits per heavy atom. The van der Waals surface area contributed by atoms with Crippen molar-refractivity contribution in [3.05, 3.63) is 83.7 Å². The van der Waals surface area contributed by atoms with Gasteiger partial charge in [-0.1, -0.05) is 49.0 Å². The predicted molar refractivity (Wildman–Crippen MR) is 94.2 cm³/mol. The van der Waals surface area contributed by atoms with Crippen molar-refractivity contribution in [2.45, 2.75) is 22.6 Å². The molecule has 0 aliphatic carbocycles. The molecule has 0 saturated heterocycles. The maximum absolute atomic E-state index is 13.1. The van der Waals surface area contributed by atoms with Crippen LogP contribution in [0.25, 0.3) is 0 Å². The zero-order valence-corrected chi connectivity index (χ0v) is 13.5. The number of benzene rings is 3. The first-order valence-corrected chi connectivity index (χ1v) is 8.46. The maximum atomic E-state index is 13.1. The van der Waals surface area contributed by atoms with Crippen LogP contribution in [0.1, 0.15) is 24.0 Å². The summed E-state index contributed by atoms with van der Waals surface area (Å²) in [5, 5.41) is 3.52. The number of rotatable bonds is 2. The lowest BCUT2D eigenvalue weighted by atomic mass is 9.93. The lowest BCUT2D eigenvalue weighted by Gasteiger charge is -2.22. The minimum atomic E-state index is -0.193. The van der Waals surface area contributed by atoms with Gasteiger partial charge in [-0.05, 0) is 47.5 Å². The molecule has 3 aromatic carbocycles. The zero-order valence-electron chi connectivity index (χ0n) is 12.7. The van der Waals surface area contributed by atoms with Crippen LogP contribution in [0.3, 0.4) is 0 Å². The summed E-state index contributed by atoms with van der Waals surface area (Å²) in [6, 6.07) is 21.6. The number of para-hydroxylation sites is 1. The average molecular weight is 321 g/mol. The van der Waals surface area contributed by atoms with E-state index >= 15 is 0 Å². The zero-order chi connectivity index (χ0) is 15.8.